The number of rotatable bonds is 4. The smallest absolute Gasteiger partial charge is 0.242 e. The predicted octanol–water partition coefficient (Wildman–Crippen LogP) is 0.403. The molecule has 1 aliphatic carbocycles. The molecule has 92 valence electrons. The number of sulfonamides is 1. The molecule has 0 bridgehead atoms. The van der Waals surface area contributed by atoms with Crippen molar-refractivity contribution >= 4 is 27.2 Å². The Morgan fingerprint density at radius 2 is 2.24 bits per heavy atom. The lowest BCUT2D eigenvalue weighted by molar-refractivity contribution is 0.578. The summed E-state index contributed by atoms with van der Waals surface area (Å²) in [7, 11) is -3.47. The molecule has 3 N–H and O–H groups in total. The second kappa shape index (κ2) is 4.32. The van der Waals surface area contributed by atoms with Crippen LogP contribution >= 0.6 is 12.2 Å². The highest BCUT2D eigenvalue weighted by Gasteiger charge is 2.36. The minimum atomic E-state index is -3.47. The maximum Gasteiger partial charge on any atom is 0.242 e. The number of thiocarbonyl (C=S) groups is 1. The predicted molar refractivity (Wildman–Crippen MR) is 68.0 cm³/mol. The number of nitrogens with zero attached hydrogens (tertiary/aromatic N) is 1. The Kier molecular flexibility index (Phi) is 3.15. The topological polar surface area (TPSA) is 85.1 Å². The lowest BCUT2D eigenvalue weighted by atomic mass is 10.3. The van der Waals surface area contributed by atoms with E-state index in [9.17, 15) is 8.42 Å². The van der Waals surface area contributed by atoms with Crippen LogP contribution in [0.15, 0.2) is 23.2 Å². The molecule has 7 heteroatoms. The van der Waals surface area contributed by atoms with E-state index < -0.39 is 10.0 Å². The normalized spacial score (nSPS) is 23.4. The Labute approximate surface area is 105 Å². The van der Waals surface area contributed by atoms with Gasteiger partial charge in [0.1, 0.15) is 9.88 Å². The van der Waals surface area contributed by atoms with Gasteiger partial charge in [-0.05, 0) is 24.5 Å². The Hall–Kier alpha value is -1.05. The maximum atomic E-state index is 11.9. The standard InChI is InChI=1S/C10H13N3O2S2/c1-6-4-9(6)13-17(14,15)7-2-3-8(10(11)16)12-5-7/h2-3,5-6,9,13H,4H2,1H3,(H2,11,16). The molecule has 0 saturated heterocycles. The van der Waals surface area contributed by atoms with Gasteiger partial charge in [0.2, 0.25) is 10.0 Å². The van der Waals surface area contributed by atoms with E-state index in [1.807, 2.05) is 6.92 Å². The first kappa shape index (κ1) is 12.4. The third-order valence-electron chi connectivity index (χ3n) is 2.72. The van der Waals surface area contributed by atoms with Gasteiger partial charge < -0.3 is 5.73 Å². The summed E-state index contributed by atoms with van der Waals surface area (Å²) in [6, 6.07) is 3.01. The van der Waals surface area contributed by atoms with Crippen molar-refractivity contribution in [3.05, 3.63) is 24.0 Å². The summed E-state index contributed by atoms with van der Waals surface area (Å²) in [4.78, 5) is 4.19. The molecule has 2 atom stereocenters. The van der Waals surface area contributed by atoms with E-state index in [0.29, 0.717) is 11.6 Å². The molecule has 0 radical (unpaired) electrons. The van der Waals surface area contributed by atoms with Crippen LogP contribution in [-0.4, -0.2) is 24.4 Å². The van der Waals surface area contributed by atoms with E-state index in [1.165, 1.54) is 18.3 Å². The van der Waals surface area contributed by atoms with Crippen molar-refractivity contribution < 1.29 is 8.42 Å². The summed E-state index contributed by atoms with van der Waals surface area (Å²) < 4.78 is 26.4. The van der Waals surface area contributed by atoms with E-state index in [2.05, 4.69) is 9.71 Å². The first-order valence-electron chi connectivity index (χ1n) is 5.18. The molecule has 0 aromatic carbocycles. The van der Waals surface area contributed by atoms with Crippen LogP contribution in [0.1, 0.15) is 19.0 Å². The van der Waals surface area contributed by atoms with Crippen molar-refractivity contribution in [1.29, 1.82) is 0 Å². The monoisotopic (exact) mass is 271 g/mol. The van der Waals surface area contributed by atoms with Crippen LogP contribution in [-0.2, 0) is 10.0 Å². The lowest BCUT2D eigenvalue weighted by Crippen LogP contribution is -2.27. The number of hydrogen-bond donors (Lipinski definition) is 2. The summed E-state index contributed by atoms with van der Waals surface area (Å²) >= 11 is 4.74. The van der Waals surface area contributed by atoms with Crippen LogP contribution in [0.3, 0.4) is 0 Å². The summed E-state index contributed by atoms with van der Waals surface area (Å²) in [6.07, 6.45) is 2.15. The SMILES string of the molecule is CC1CC1NS(=O)(=O)c1ccc(C(N)=S)nc1. The fourth-order valence-corrected chi connectivity index (χ4v) is 2.86. The molecule has 1 heterocycles. The summed E-state index contributed by atoms with van der Waals surface area (Å²) in [5, 5.41) is 0. The molecule has 2 rings (SSSR count). The van der Waals surface area contributed by atoms with Crippen molar-refractivity contribution in [2.45, 2.75) is 24.3 Å². The average molecular weight is 271 g/mol. The van der Waals surface area contributed by atoms with Crippen molar-refractivity contribution in [3.63, 3.8) is 0 Å². The zero-order valence-electron chi connectivity index (χ0n) is 9.25. The molecular weight excluding hydrogens is 258 g/mol. The first-order valence-corrected chi connectivity index (χ1v) is 7.07. The molecule has 0 aliphatic heterocycles. The number of pyridine rings is 1. The minimum Gasteiger partial charge on any atom is -0.388 e. The molecule has 1 aliphatic rings. The van der Waals surface area contributed by atoms with Gasteiger partial charge >= 0.3 is 0 Å². The maximum absolute atomic E-state index is 11.9. The fourth-order valence-electron chi connectivity index (χ4n) is 1.44. The quantitative estimate of drug-likeness (QED) is 0.774. The van der Waals surface area contributed by atoms with Crippen LogP contribution in [0.4, 0.5) is 0 Å². The Morgan fingerprint density at radius 1 is 1.59 bits per heavy atom. The molecule has 0 spiro atoms. The van der Waals surface area contributed by atoms with Crippen molar-refractivity contribution in [1.82, 2.24) is 9.71 Å². The molecule has 1 aromatic heterocycles. The second-order valence-electron chi connectivity index (χ2n) is 4.18. The van der Waals surface area contributed by atoms with E-state index >= 15 is 0 Å². The van der Waals surface area contributed by atoms with Gasteiger partial charge in [-0.15, -0.1) is 0 Å². The Morgan fingerprint density at radius 3 is 2.65 bits per heavy atom. The highest BCUT2D eigenvalue weighted by atomic mass is 32.2. The first-order chi connectivity index (χ1) is 7.90. The zero-order chi connectivity index (χ0) is 12.6. The van der Waals surface area contributed by atoms with E-state index in [-0.39, 0.29) is 15.9 Å². The third kappa shape index (κ3) is 2.80. The van der Waals surface area contributed by atoms with Gasteiger partial charge in [0, 0.05) is 12.2 Å². The zero-order valence-corrected chi connectivity index (χ0v) is 10.9. The minimum absolute atomic E-state index is 0.0512. The van der Waals surface area contributed by atoms with E-state index in [1.54, 1.807) is 0 Å². The van der Waals surface area contributed by atoms with Gasteiger partial charge in [-0.25, -0.2) is 13.1 Å². The molecule has 0 amide bonds. The molecule has 17 heavy (non-hydrogen) atoms. The third-order valence-corrected chi connectivity index (χ3v) is 4.40. The fraction of sp³-hybridized carbons (Fsp3) is 0.400. The summed E-state index contributed by atoms with van der Waals surface area (Å²) in [5.41, 5.74) is 5.80. The van der Waals surface area contributed by atoms with Gasteiger partial charge in [0.15, 0.2) is 0 Å². The number of nitrogens with one attached hydrogen (secondary N) is 1. The van der Waals surface area contributed by atoms with Gasteiger partial charge in [-0.2, -0.15) is 0 Å². The van der Waals surface area contributed by atoms with Crippen LogP contribution in [0.2, 0.25) is 0 Å². The van der Waals surface area contributed by atoms with Crippen LogP contribution in [0.5, 0.6) is 0 Å². The second-order valence-corrected chi connectivity index (χ2v) is 6.34. The average Bonchev–Trinajstić information content (AvgIpc) is 2.93. The molecule has 1 saturated carbocycles. The molecular formula is C10H13N3O2S2. The van der Waals surface area contributed by atoms with Gasteiger partial charge in [-0.3, -0.25) is 4.98 Å². The van der Waals surface area contributed by atoms with Crippen LogP contribution in [0, 0.1) is 5.92 Å². The highest BCUT2D eigenvalue weighted by Crippen LogP contribution is 2.30. The lowest BCUT2D eigenvalue weighted by Gasteiger charge is -2.05. The number of hydrogen-bond acceptors (Lipinski definition) is 4. The van der Waals surface area contributed by atoms with Gasteiger partial charge in [0.25, 0.3) is 0 Å². The highest BCUT2D eigenvalue weighted by molar-refractivity contribution is 7.89. The van der Waals surface area contributed by atoms with Gasteiger partial charge in [-0.1, -0.05) is 19.1 Å². The van der Waals surface area contributed by atoms with Crippen molar-refractivity contribution in [3.8, 4) is 0 Å². The molecule has 5 nitrogen and oxygen atoms in total. The van der Waals surface area contributed by atoms with E-state index in [0.717, 1.165) is 6.42 Å². The van der Waals surface area contributed by atoms with E-state index in [4.69, 9.17) is 18.0 Å². The Bertz CT molecular complexity index is 539. The summed E-state index contributed by atoms with van der Waals surface area (Å²) in [6.45, 7) is 2.00. The van der Waals surface area contributed by atoms with Crippen molar-refractivity contribution in [2.24, 2.45) is 11.7 Å². The largest absolute Gasteiger partial charge is 0.388 e. The van der Waals surface area contributed by atoms with Crippen LogP contribution < -0.4 is 10.5 Å². The molecule has 1 fully saturated rings. The molecule has 1 aromatic rings. The summed E-state index contributed by atoms with van der Waals surface area (Å²) in [5.74, 6) is 0.411. The van der Waals surface area contributed by atoms with Crippen LogP contribution in [0.25, 0.3) is 0 Å². The number of nitrogens with two attached hydrogens (primary N) is 1. The Balaban J connectivity index is 2.18. The van der Waals surface area contributed by atoms with Gasteiger partial charge in [0.05, 0.1) is 5.69 Å². The molecule has 2 unspecified atom stereocenters. The van der Waals surface area contributed by atoms with Crippen molar-refractivity contribution in [2.75, 3.05) is 0 Å². The number of aromatic nitrogens is 1.